The molecule has 1 heteroatoms. The Labute approximate surface area is 115 Å². The van der Waals surface area contributed by atoms with Crippen LogP contribution in [0.15, 0.2) is 42.5 Å². The Kier molecular flexibility index (Phi) is 3.92. The number of hydrogen-bond donors (Lipinski definition) is 0. The molecule has 96 valence electrons. The third-order valence-corrected chi connectivity index (χ3v) is 3.25. The number of methoxy groups -OCH3 is 1. The van der Waals surface area contributed by atoms with Gasteiger partial charge in [0, 0.05) is 0 Å². The van der Waals surface area contributed by atoms with Crippen LogP contribution in [-0.2, 0) is 0 Å². The van der Waals surface area contributed by atoms with Crippen molar-refractivity contribution >= 4 is 0 Å². The van der Waals surface area contributed by atoms with E-state index in [2.05, 4.69) is 50.1 Å². The van der Waals surface area contributed by atoms with Crippen LogP contribution in [0.3, 0.4) is 0 Å². The first kappa shape index (κ1) is 13.2. The van der Waals surface area contributed by atoms with Crippen LogP contribution in [0.1, 0.15) is 30.9 Å². The number of ether oxygens (including phenoxy) is 1. The molecule has 0 amide bonds. The van der Waals surface area contributed by atoms with Gasteiger partial charge in [0.2, 0.25) is 0 Å². The van der Waals surface area contributed by atoms with Crippen LogP contribution in [0, 0.1) is 12.3 Å². The molecule has 0 aliphatic rings. The van der Waals surface area contributed by atoms with Gasteiger partial charge in [-0.1, -0.05) is 50.1 Å². The first-order chi connectivity index (χ1) is 9.17. The second-order valence-corrected chi connectivity index (χ2v) is 4.80. The van der Waals surface area contributed by atoms with E-state index >= 15 is 0 Å². The monoisotopic (exact) mass is 250 g/mol. The molecule has 0 fully saturated rings. The molecule has 2 rings (SSSR count). The van der Waals surface area contributed by atoms with Gasteiger partial charge in [0.25, 0.3) is 0 Å². The lowest BCUT2D eigenvalue weighted by molar-refractivity contribution is 0.414. The molecule has 0 saturated heterocycles. The first-order valence-electron chi connectivity index (χ1n) is 6.41. The van der Waals surface area contributed by atoms with E-state index in [9.17, 15) is 0 Å². The maximum absolute atomic E-state index is 5.46. The molecule has 0 unspecified atom stereocenters. The highest BCUT2D eigenvalue weighted by Crippen LogP contribution is 2.32. The Balaban J connectivity index is 2.57. The van der Waals surface area contributed by atoms with Crippen molar-refractivity contribution in [3.8, 4) is 29.2 Å². The SMILES string of the molecule is C#Cc1ccc(-c2ccccc2C(C)C)cc1OC. The first-order valence-corrected chi connectivity index (χ1v) is 6.41. The molecule has 0 aliphatic carbocycles. The maximum atomic E-state index is 5.46. The van der Waals surface area contributed by atoms with Gasteiger partial charge >= 0.3 is 0 Å². The Morgan fingerprint density at radius 3 is 2.47 bits per heavy atom. The zero-order chi connectivity index (χ0) is 13.8. The van der Waals surface area contributed by atoms with Crippen molar-refractivity contribution < 1.29 is 4.74 Å². The van der Waals surface area contributed by atoms with E-state index in [0.717, 1.165) is 16.9 Å². The third-order valence-electron chi connectivity index (χ3n) is 3.25. The summed E-state index contributed by atoms with van der Waals surface area (Å²) in [6.07, 6.45) is 5.46. The summed E-state index contributed by atoms with van der Waals surface area (Å²) in [6.45, 7) is 4.40. The van der Waals surface area contributed by atoms with Crippen molar-refractivity contribution in [3.63, 3.8) is 0 Å². The van der Waals surface area contributed by atoms with Crippen molar-refractivity contribution in [3.05, 3.63) is 53.6 Å². The highest BCUT2D eigenvalue weighted by molar-refractivity contribution is 5.71. The number of hydrogen-bond acceptors (Lipinski definition) is 1. The molecule has 0 spiro atoms. The number of rotatable bonds is 3. The fourth-order valence-electron chi connectivity index (χ4n) is 2.24. The summed E-state index contributed by atoms with van der Waals surface area (Å²) < 4.78 is 5.36. The fourth-order valence-corrected chi connectivity index (χ4v) is 2.24. The summed E-state index contributed by atoms with van der Waals surface area (Å²) in [7, 11) is 1.65. The Hall–Kier alpha value is -2.20. The topological polar surface area (TPSA) is 9.23 Å². The molecule has 2 aromatic rings. The fraction of sp³-hybridized carbons (Fsp3) is 0.222. The zero-order valence-corrected chi connectivity index (χ0v) is 11.6. The molecule has 1 nitrogen and oxygen atoms in total. The van der Waals surface area contributed by atoms with Crippen molar-refractivity contribution in [1.29, 1.82) is 0 Å². The van der Waals surface area contributed by atoms with Crippen molar-refractivity contribution in [2.45, 2.75) is 19.8 Å². The number of terminal acetylenes is 1. The van der Waals surface area contributed by atoms with Crippen molar-refractivity contribution in [1.82, 2.24) is 0 Å². The summed E-state index contributed by atoms with van der Waals surface area (Å²) in [6, 6.07) is 14.4. The minimum absolute atomic E-state index is 0.481. The van der Waals surface area contributed by atoms with Crippen molar-refractivity contribution in [2.24, 2.45) is 0 Å². The molecule has 0 saturated carbocycles. The summed E-state index contributed by atoms with van der Waals surface area (Å²) >= 11 is 0. The van der Waals surface area contributed by atoms with Gasteiger partial charge in [-0.2, -0.15) is 0 Å². The molecule has 0 bridgehead atoms. The van der Waals surface area contributed by atoms with E-state index in [1.54, 1.807) is 7.11 Å². The van der Waals surface area contributed by atoms with Crippen LogP contribution < -0.4 is 4.74 Å². The van der Waals surface area contributed by atoms with Gasteiger partial charge in [-0.25, -0.2) is 0 Å². The molecule has 0 N–H and O–H groups in total. The van der Waals surface area contributed by atoms with Gasteiger partial charge in [0.15, 0.2) is 0 Å². The van der Waals surface area contributed by atoms with E-state index < -0.39 is 0 Å². The van der Waals surface area contributed by atoms with Crippen molar-refractivity contribution in [2.75, 3.05) is 7.11 Å². The molecule has 0 radical (unpaired) electrons. The Bertz CT molecular complexity index is 618. The quantitative estimate of drug-likeness (QED) is 0.730. The highest BCUT2D eigenvalue weighted by Gasteiger charge is 2.10. The summed E-state index contributed by atoms with van der Waals surface area (Å²) in [5.74, 6) is 3.87. The van der Waals surface area contributed by atoms with Gasteiger partial charge in [0.05, 0.1) is 12.7 Å². The highest BCUT2D eigenvalue weighted by atomic mass is 16.5. The largest absolute Gasteiger partial charge is 0.495 e. The van der Waals surface area contributed by atoms with E-state index in [1.807, 2.05) is 12.1 Å². The van der Waals surface area contributed by atoms with Gasteiger partial charge < -0.3 is 4.74 Å². The molecular formula is C18H18O. The van der Waals surface area contributed by atoms with Crippen LogP contribution in [0.4, 0.5) is 0 Å². The standard InChI is InChI=1S/C18H18O/c1-5-14-10-11-15(12-18(14)19-4)17-9-7-6-8-16(17)13(2)3/h1,6-13H,2-4H3. The third kappa shape index (κ3) is 2.63. The molecule has 0 aliphatic heterocycles. The lowest BCUT2D eigenvalue weighted by Gasteiger charge is -2.14. The predicted octanol–water partition coefficient (Wildman–Crippen LogP) is 4.47. The van der Waals surface area contributed by atoms with Crippen LogP contribution in [-0.4, -0.2) is 7.11 Å². The van der Waals surface area contributed by atoms with Crippen LogP contribution in [0.25, 0.3) is 11.1 Å². The maximum Gasteiger partial charge on any atom is 0.135 e. The van der Waals surface area contributed by atoms with Crippen LogP contribution in [0.5, 0.6) is 5.75 Å². The molecule has 19 heavy (non-hydrogen) atoms. The lowest BCUT2D eigenvalue weighted by atomic mass is 9.92. The second kappa shape index (κ2) is 5.63. The van der Waals surface area contributed by atoms with E-state index in [0.29, 0.717) is 5.92 Å². The van der Waals surface area contributed by atoms with Crippen LogP contribution >= 0.6 is 0 Å². The summed E-state index contributed by atoms with van der Waals surface area (Å²) in [5, 5.41) is 0. The second-order valence-electron chi connectivity index (χ2n) is 4.80. The Morgan fingerprint density at radius 2 is 1.84 bits per heavy atom. The van der Waals surface area contributed by atoms with Gasteiger partial charge in [-0.15, -0.1) is 6.42 Å². The normalized spacial score (nSPS) is 10.3. The van der Waals surface area contributed by atoms with Gasteiger partial charge in [0.1, 0.15) is 5.75 Å². The molecule has 2 aromatic carbocycles. The van der Waals surface area contributed by atoms with Gasteiger partial charge in [-0.05, 0) is 34.7 Å². The molecule has 0 heterocycles. The van der Waals surface area contributed by atoms with E-state index in [4.69, 9.17) is 11.2 Å². The van der Waals surface area contributed by atoms with Gasteiger partial charge in [-0.3, -0.25) is 0 Å². The predicted molar refractivity (Wildman–Crippen MR) is 80.5 cm³/mol. The number of benzene rings is 2. The average Bonchev–Trinajstić information content (AvgIpc) is 2.46. The molecule has 0 aromatic heterocycles. The smallest absolute Gasteiger partial charge is 0.135 e. The summed E-state index contributed by atoms with van der Waals surface area (Å²) in [4.78, 5) is 0. The zero-order valence-electron chi connectivity index (χ0n) is 11.6. The average molecular weight is 250 g/mol. The Morgan fingerprint density at radius 1 is 1.11 bits per heavy atom. The van der Waals surface area contributed by atoms with Crippen LogP contribution in [0.2, 0.25) is 0 Å². The molecular weight excluding hydrogens is 232 g/mol. The minimum Gasteiger partial charge on any atom is -0.495 e. The van der Waals surface area contributed by atoms with E-state index in [-0.39, 0.29) is 0 Å². The summed E-state index contributed by atoms with van der Waals surface area (Å²) in [5.41, 5.74) is 4.49. The lowest BCUT2D eigenvalue weighted by Crippen LogP contribution is -1.93. The van der Waals surface area contributed by atoms with E-state index in [1.165, 1.54) is 11.1 Å². The molecule has 0 atom stereocenters. The minimum atomic E-state index is 0.481.